The van der Waals surface area contributed by atoms with Crippen LogP contribution in [0.25, 0.3) is 10.9 Å². The minimum Gasteiger partial charge on any atom is -0.388 e. The maximum absolute atomic E-state index is 13.9. The van der Waals surface area contributed by atoms with Gasteiger partial charge in [0.1, 0.15) is 18.8 Å². The highest BCUT2D eigenvalue weighted by atomic mass is 79.9. The van der Waals surface area contributed by atoms with E-state index in [1.807, 2.05) is 30.3 Å². The molecule has 0 saturated carbocycles. The summed E-state index contributed by atoms with van der Waals surface area (Å²) in [7, 11) is 0. The van der Waals surface area contributed by atoms with Gasteiger partial charge in [-0.2, -0.15) is 5.10 Å². The zero-order valence-corrected chi connectivity index (χ0v) is 21.4. The number of halogens is 2. The van der Waals surface area contributed by atoms with Gasteiger partial charge in [-0.15, -0.1) is 0 Å². The van der Waals surface area contributed by atoms with Crippen molar-refractivity contribution >= 4 is 50.2 Å². The molecule has 3 aliphatic heterocycles. The van der Waals surface area contributed by atoms with E-state index in [0.717, 1.165) is 20.9 Å². The second-order valence-corrected chi connectivity index (χ2v) is 10.8. The lowest BCUT2D eigenvalue weighted by Crippen LogP contribution is -2.51. The van der Waals surface area contributed by atoms with Gasteiger partial charge >= 0.3 is 0 Å². The predicted molar refractivity (Wildman–Crippen MR) is 137 cm³/mol. The highest BCUT2D eigenvalue weighted by Crippen LogP contribution is 2.51. The molecule has 2 fully saturated rings. The van der Waals surface area contributed by atoms with Crippen molar-refractivity contribution in [3.63, 3.8) is 0 Å². The molecule has 2 saturated heterocycles. The Hall–Kier alpha value is -3.31. The van der Waals surface area contributed by atoms with Crippen LogP contribution in [0.3, 0.4) is 0 Å². The van der Waals surface area contributed by atoms with Crippen molar-refractivity contribution in [2.75, 3.05) is 37.6 Å². The number of aliphatic hydroxyl groups excluding tert-OH is 1. The number of benzene rings is 2. The number of amides is 3. The normalized spacial score (nSPS) is 22.8. The van der Waals surface area contributed by atoms with E-state index in [1.54, 1.807) is 17.2 Å². The van der Waals surface area contributed by atoms with Gasteiger partial charge in [0.2, 0.25) is 11.8 Å². The van der Waals surface area contributed by atoms with Gasteiger partial charge in [0.25, 0.3) is 5.91 Å². The van der Waals surface area contributed by atoms with E-state index >= 15 is 0 Å². The summed E-state index contributed by atoms with van der Waals surface area (Å²) in [5, 5.41) is 17.5. The van der Waals surface area contributed by atoms with Crippen molar-refractivity contribution in [2.24, 2.45) is 0 Å². The fraction of sp³-hybridized carbons (Fsp3) is 0.385. The molecule has 2 atom stereocenters. The Balaban J connectivity index is 1.23. The number of β-amino-alcohol motifs (C(OH)–C–C–N with tert-alkyl or cyclic N) is 1. The largest absolute Gasteiger partial charge is 0.388 e. The van der Waals surface area contributed by atoms with Gasteiger partial charge in [0, 0.05) is 46.3 Å². The molecule has 4 heterocycles. The van der Waals surface area contributed by atoms with E-state index in [-0.39, 0.29) is 31.4 Å². The first kappa shape index (κ1) is 24.1. The fourth-order valence-corrected chi connectivity index (χ4v) is 6.58. The summed E-state index contributed by atoms with van der Waals surface area (Å²) in [5.74, 6) is -0.694. The van der Waals surface area contributed by atoms with Gasteiger partial charge in [-0.1, -0.05) is 22.0 Å². The first-order chi connectivity index (χ1) is 17.8. The molecule has 11 heteroatoms. The SMILES string of the molecule is O=C(CN1C(=O)C2(CCN(C(=O)c3ccc4[nH]ncc4c3)CC2)c2c(Br)cccc21)N1C[C@@H](O)[C@@H](F)C1. The van der Waals surface area contributed by atoms with Crippen LogP contribution in [0.2, 0.25) is 0 Å². The number of hydrogen-bond acceptors (Lipinski definition) is 5. The molecule has 1 spiro atoms. The van der Waals surface area contributed by atoms with E-state index < -0.39 is 23.6 Å². The molecule has 3 amide bonds. The molecule has 1 aromatic heterocycles. The number of hydrogen-bond donors (Lipinski definition) is 2. The molecule has 192 valence electrons. The number of carbonyl (C=O) groups is 3. The average molecular weight is 570 g/mol. The smallest absolute Gasteiger partial charge is 0.253 e. The van der Waals surface area contributed by atoms with E-state index in [0.29, 0.717) is 37.2 Å². The van der Waals surface area contributed by atoms with Crippen LogP contribution in [0.5, 0.6) is 0 Å². The quantitative estimate of drug-likeness (QED) is 0.503. The van der Waals surface area contributed by atoms with Crippen molar-refractivity contribution < 1.29 is 23.9 Å². The first-order valence-electron chi connectivity index (χ1n) is 12.2. The van der Waals surface area contributed by atoms with Crippen LogP contribution in [0.4, 0.5) is 10.1 Å². The van der Waals surface area contributed by atoms with Crippen LogP contribution >= 0.6 is 15.9 Å². The van der Waals surface area contributed by atoms with Gasteiger partial charge in [0.15, 0.2) is 0 Å². The minimum absolute atomic E-state index is 0.0831. The third kappa shape index (κ3) is 3.83. The molecule has 0 aliphatic carbocycles. The van der Waals surface area contributed by atoms with Gasteiger partial charge in [0.05, 0.1) is 23.7 Å². The summed E-state index contributed by atoms with van der Waals surface area (Å²) in [6.07, 6.45) is -0.180. The van der Waals surface area contributed by atoms with Crippen LogP contribution in [0.15, 0.2) is 47.1 Å². The van der Waals surface area contributed by atoms with Crippen molar-refractivity contribution in [1.29, 1.82) is 0 Å². The third-order valence-corrected chi connectivity index (χ3v) is 8.53. The lowest BCUT2D eigenvalue weighted by atomic mass is 9.73. The molecule has 3 aromatic rings. The molecule has 0 bridgehead atoms. The summed E-state index contributed by atoms with van der Waals surface area (Å²) >= 11 is 3.61. The van der Waals surface area contributed by atoms with Crippen molar-refractivity contribution in [1.82, 2.24) is 20.0 Å². The monoisotopic (exact) mass is 569 g/mol. The Bertz CT molecular complexity index is 1410. The number of alkyl halides is 1. The number of aliphatic hydroxyl groups is 1. The summed E-state index contributed by atoms with van der Waals surface area (Å²) in [6.45, 7) is 0.286. The molecule has 37 heavy (non-hydrogen) atoms. The van der Waals surface area contributed by atoms with E-state index in [4.69, 9.17) is 0 Å². The molecule has 6 rings (SSSR count). The summed E-state index contributed by atoms with van der Waals surface area (Å²) < 4.78 is 14.6. The third-order valence-electron chi connectivity index (χ3n) is 7.87. The number of rotatable bonds is 3. The van der Waals surface area contributed by atoms with E-state index in [9.17, 15) is 23.9 Å². The Morgan fingerprint density at radius 1 is 1.16 bits per heavy atom. The van der Waals surface area contributed by atoms with Crippen LogP contribution in [-0.4, -0.2) is 87.8 Å². The number of aromatic nitrogens is 2. The predicted octanol–water partition coefficient (Wildman–Crippen LogP) is 2.39. The molecule has 0 radical (unpaired) electrons. The second kappa shape index (κ2) is 8.91. The number of piperidine rings is 1. The van der Waals surface area contributed by atoms with Gasteiger partial charge < -0.3 is 19.8 Å². The number of nitrogens with zero attached hydrogens (tertiary/aromatic N) is 4. The van der Waals surface area contributed by atoms with Crippen LogP contribution in [-0.2, 0) is 15.0 Å². The number of anilines is 1. The van der Waals surface area contributed by atoms with Gasteiger partial charge in [-0.05, 0) is 43.2 Å². The summed E-state index contributed by atoms with van der Waals surface area (Å²) in [6, 6.07) is 10.9. The Labute approximate surface area is 220 Å². The van der Waals surface area contributed by atoms with E-state index in [1.165, 1.54) is 9.80 Å². The highest BCUT2D eigenvalue weighted by molar-refractivity contribution is 9.10. The second-order valence-electron chi connectivity index (χ2n) is 9.95. The van der Waals surface area contributed by atoms with Crippen molar-refractivity contribution in [2.45, 2.75) is 30.5 Å². The number of likely N-dealkylation sites (tertiary alicyclic amines) is 2. The standard InChI is InChI=1S/C26H25BrFN5O4/c27-17-2-1-3-20-23(17)26(25(37)33(20)14-22(35)32-12-18(28)21(34)13-32)6-8-31(9-7-26)24(36)15-4-5-19-16(10-15)11-29-30-19/h1-5,10-11,18,21,34H,6-9,12-14H2,(H,29,30)/t18-,21+/m0/s1. The maximum Gasteiger partial charge on any atom is 0.253 e. The molecule has 2 aromatic carbocycles. The fourth-order valence-electron chi connectivity index (χ4n) is 5.84. The zero-order chi connectivity index (χ0) is 25.9. The lowest BCUT2D eigenvalue weighted by Gasteiger charge is -2.39. The number of fused-ring (bicyclic) bond motifs is 3. The number of carbonyl (C=O) groups excluding carboxylic acids is 3. The minimum atomic E-state index is -1.48. The van der Waals surface area contributed by atoms with Crippen LogP contribution in [0.1, 0.15) is 28.8 Å². The van der Waals surface area contributed by atoms with Crippen LogP contribution < -0.4 is 4.90 Å². The summed E-state index contributed by atoms with van der Waals surface area (Å²) in [5.41, 5.74) is 2.02. The number of H-pyrrole nitrogens is 1. The molecular weight excluding hydrogens is 545 g/mol. The Morgan fingerprint density at radius 2 is 1.95 bits per heavy atom. The highest BCUT2D eigenvalue weighted by Gasteiger charge is 2.54. The zero-order valence-electron chi connectivity index (χ0n) is 19.9. The number of nitrogens with one attached hydrogen (secondary N) is 1. The topological polar surface area (TPSA) is 110 Å². The lowest BCUT2D eigenvalue weighted by molar-refractivity contribution is -0.132. The molecule has 0 unspecified atom stereocenters. The van der Waals surface area contributed by atoms with E-state index in [2.05, 4.69) is 26.1 Å². The number of aromatic amines is 1. The summed E-state index contributed by atoms with van der Waals surface area (Å²) in [4.78, 5) is 44.7. The Kier molecular flexibility index (Phi) is 5.79. The molecular formula is C26H25BrFN5O4. The Morgan fingerprint density at radius 3 is 2.68 bits per heavy atom. The van der Waals surface area contributed by atoms with Crippen molar-refractivity contribution in [3.8, 4) is 0 Å². The molecule has 3 aliphatic rings. The average Bonchev–Trinajstić information content (AvgIpc) is 3.56. The molecule has 2 N–H and O–H groups in total. The maximum atomic E-state index is 13.9. The first-order valence-corrected chi connectivity index (χ1v) is 13.0. The van der Waals surface area contributed by atoms with Gasteiger partial charge in [-0.25, -0.2) is 4.39 Å². The van der Waals surface area contributed by atoms with Gasteiger partial charge in [-0.3, -0.25) is 19.5 Å². The van der Waals surface area contributed by atoms with Crippen molar-refractivity contribution in [3.05, 3.63) is 58.2 Å². The molecule has 9 nitrogen and oxygen atoms in total. The van der Waals surface area contributed by atoms with Crippen LogP contribution in [0, 0.1) is 0 Å².